The lowest BCUT2D eigenvalue weighted by Gasteiger charge is -2.33. The van der Waals surface area contributed by atoms with Crippen LogP contribution in [-0.4, -0.2) is 44.0 Å². The van der Waals surface area contributed by atoms with E-state index in [4.69, 9.17) is 0 Å². The second-order valence-electron chi connectivity index (χ2n) is 6.77. The van der Waals surface area contributed by atoms with Crippen molar-refractivity contribution in [2.24, 2.45) is 5.92 Å². The van der Waals surface area contributed by atoms with Gasteiger partial charge >= 0.3 is 0 Å². The van der Waals surface area contributed by atoms with Crippen LogP contribution in [0, 0.1) is 5.92 Å². The number of thiophene rings is 1. The van der Waals surface area contributed by atoms with Gasteiger partial charge in [-0.2, -0.15) is 4.31 Å². The van der Waals surface area contributed by atoms with Crippen LogP contribution in [0.1, 0.15) is 19.3 Å². The molecule has 0 aliphatic carbocycles. The van der Waals surface area contributed by atoms with Crippen molar-refractivity contribution in [2.45, 2.75) is 28.4 Å². The molecular formula is C19H22N2O3S3. The van der Waals surface area contributed by atoms with Crippen LogP contribution in [0.25, 0.3) is 0 Å². The molecule has 0 radical (unpaired) electrons. The van der Waals surface area contributed by atoms with Gasteiger partial charge in [-0.1, -0.05) is 18.2 Å². The highest BCUT2D eigenvalue weighted by Crippen LogP contribution is 2.35. The highest BCUT2D eigenvalue weighted by Gasteiger charge is 2.35. The van der Waals surface area contributed by atoms with E-state index in [1.165, 1.54) is 15.6 Å². The van der Waals surface area contributed by atoms with E-state index in [2.05, 4.69) is 6.07 Å². The second-order valence-corrected chi connectivity index (χ2v) is 11.0. The maximum absolute atomic E-state index is 13.2. The van der Waals surface area contributed by atoms with Crippen molar-refractivity contribution >= 4 is 44.7 Å². The Morgan fingerprint density at radius 2 is 1.81 bits per heavy atom. The summed E-state index contributed by atoms with van der Waals surface area (Å²) in [5, 5.41) is 1.78. The van der Waals surface area contributed by atoms with Crippen LogP contribution in [0.2, 0.25) is 0 Å². The summed E-state index contributed by atoms with van der Waals surface area (Å²) < 4.78 is 27.3. The zero-order valence-corrected chi connectivity index (χ0v) is 17.4. The van der Waals surface area contributed by atoms with Crippen molar-refractivity contribution in [3.05, 3.63) is 41.8 Å². The third-order valence-corrected chi connectivity index (χ3v) is 9.52. The number of carbonyl (C=O) groups excluding carboxylic acids is 1. The van der Waals surface area contributed by atoms with E-state index in [0.717, 1.165) is 29.3 Å². The molecule has 8 heteroatoms. The van der Waals surface area contributed by atoms with Crippen LogP contribution >= 0.6 is 23.1 Å². The number of thioether (sulfide) groups is 1. The summed E-state index contributed by atoms with van der Waals surface area (Å²) in [5.74, 6) is 1.03. The van der Waals surface area contributed by atoms with Gasteiger partial charge in [0.1, 0.15) is 4.21 Å². The first-order valence-corrected chi connectivity index (χ1v) is 12.4. The molecule has 144 valence electrons. The van der Waals surface area contributed by atoms with Gasteiger partial charge in [-0.25, -0.2) is 8.42 Å². The molecule has 1 fully saturated rings. The van der Waals surface area contributed by atoms with E-state index in [-0.39, 0.29) is 11.8 Å². The number of sulfonamides is 1. The number of hydrogen-bond acceptors (Lipinski definition) is 5. The van der Waals surface area contributed by atoms with Crippen LogP contribution in [-0.2, 0) is 14.8 Å². The zero-order chi connectivity index (χ0) is 18.9. The standard InChI is InChI=1S/C19H22N2O3S3/c22-19(21-10-4-14-25-17-6-2-1-5-16(17)21)15-8-11-20(12-9-15)27(23,24)18-7-3-13-26-18/h1-3,5-7,13,15H,4,8-12,14H2. The molecule has 27 heavy (non-hydrogen) atoms. The van der Waals surface area contributed by atoms with Gasteiger partial charge in [-0.05, 0) is 48.6 Å². The van der Waals surface area contributed by atoms with Crippen molar-refractivity contribution in [2.75, 3.05) is 30.3 Å². The van der Waals surface area contributed by atoms with E-state index in [1.807, 2.05) is 23.1 Å². The highest BCUT2D eigenvalue weighted by atomic mass is 32.2. The molecule has 0 N–H and O–H groups in total. The highest BCUT2D eigenvalue weighted by molar-refractivity contribution is 7.99. The van der Waals surface area contributed by atoms with Crippen molar-refractivity contribution < 1.29 is 13.2 Å². The molecule has 1 aromatic heterocycles. The Morgan fingerprint density at radius 1 is 1.04 bits per heavy atom. The van der Waals surface area contributed by atoms with Gasteiger partial charge in [0.2, 0.25) is 5.91 Å². The predicted molar refractivity (Wildman–Crippen MR) is 110 cm³/mol. The van der Waals surface area contributed by atoms with Crippen molar-refractivity contribution in [3.8, 4) is 0 Å². The van der Waals surface area contributed by atoms with Gasteiger partial charge in [0, 0.05) is 30.4 Å². The van der Waals surface area contributed by atoms with Crippen molar-refractivity contribution in [1.82, 2.24) is 4.31 Å². The molecular weight excluding hydrogens is 400 g/mol. The van der Waals surface area contributed by atoms with E-state index in [0.29, 0.717) is 30.1 Å². The Bertz CT molecular complexity index is 904. The summed E-state index contributed by atoms with van der Waals surface area (Å²) in [7, 11) is -3.42. The summed E-state index contributed by atoms with van der Waals surface area (Å²) in [6, 6.07) is 11.5. The van der Waals surface area contributed by atoms with Crippen LogP contribution in [0.4, 0.5) is 5.69 Å². The molecule has 5 nitrogen and oxygen atoms in total. The predicted octanol–water partition coefficient (Wildman–Crippen LogP) is 3.68. The minimum atomic E-state index is -3.42. The van der Waals surface area contributed by atoms with Crippen molar-refractivity contribution in [1.29, 1.82) is 0 Å². The van der Waals surface area contributed by atoms with Crippen LogP contribution in [0.5, 0.6) is 0 Å². The number of piperidine rings is 1. The summed E-state index contributed by atoms with van der Waals surface area (Å²) >= 11 is 3.04. The number of anilines is 1. The van der Waals surface area contributed by atoms with E-state index in [1.54, 1.807) is 29.3 Å². The normalized spacial score (nSPS) is 19.5. The second kappa shape index (κ2) is 7.95. The minimum Gasteiger partial charge on any atom is -0.311 e. The van der Waals surface area contributed by atoms with Gasteiger partial charge in [0.05, 0.1) is 5.69 Å². The molecule has 2 aromatic rings. The lowest BCUT2D eigenvalue weighted by molar-refractivity contribution is -0.123. The fourth-order valence-electron chi connectivity index (χ4n) is 3.66. The number of nitrogens with zero attached hydrogens (tertiary/aromatic N) is 2. The largest absolute Gasteiger partial charge is 0.311 e. The Hall–Kier alpha value is -1.35. The average molecular weight is 423 g/mol. The molecule has 1 saturated heterocycles. The number of rotatable bonds is 3. The van der Waals surface area contributed by atoms with Gasteiger partial charge in [-0.3, -0.25) is 4.79 Å². The molecule has 0 unspecified atom stereocenters. The fourth-order valence-corrected chi connectivity index (χ4v) is 7.27. The van der Waals surface area contributed by atoms with Crippen LogP contribution in [0.3, 0.4) is 0 Å². The molecule has 1 amide bonds. The molecule has 2 aliphatic heterocycles. The first-order valence-electron chi connectivity index (χ1n) is 9.14. The third-order valence-electron chi connectivity index (χ3n) is 5.10. The Morgan fingerprint density at radius 3 is 2.56 bits per heavy atom. The van der Waals surface area contributed by atoms with E-state index >= 15 is 0 Å². The van der Waals surface area contributed by atoms with Gasteiger partial charge < -0.3 is 4.90 Å². The third kappa shape index (κ3) is 3.81. The van der Waals surface area contributed by atoms with Gasteiger partial charge in [-0.15, -0.1) is 23.1 Å². The fraction of sp³-hybridized carbons (Fsp3) is 0.421. The average Bonchev–Trinajstić information content (AvgIpc) is 3.16. The summed E-state index contributed by atoms with van der Waals surface area (Å²) in [5.41, 5.74) is 0.999. The molecule has 0 spiro atoms. The Kier molecular flexibility index (Phi) is 5.59. The Labute approximate surface area is 168 Å². The zero-order valence-electron chi connectivity index (χ0n) is 14.9. The minimum absolute atomic E-state index is 0.115. The van der Waals surface area contributed by atoms with Crippen molar-refractivity contribution in [3.63, 3.8) is 0 Å². The lowest BCUT2D eigenvalue weighted by atomic mass is 9.96. The maximum Gasteiger partial charge on any atom is 0.252 e. The maximum atomic E-state index is 13.2. The summed E-state index contributed by atoms with van der Waals surface area (Å²) in [4.78, 5) is 16.3. The number of fused-ring (bicyclic) bond motifs is 1. The molecule has 0 atom stereocenters. The van der Waals surface area contributed by atoms with E-state index in [9.17, 15) is 13.2 Å². The quantitative estimate of drug-likeness (QED) is 0.757. The molecule has 4 rings (SSSR count). The molecule has 1 aromatic carbocycles. The summed E-state index contributed by atoms with van der Waals surface area (Å²) in [6.45, 7) is 1.54. The topological polar surface area (TPSA) is 57.7 Å². The molecule has 2 aliphatic rings. The Balaban J connectivity index is 1.46. The first kappa shape index (κ1) is 19.0. The lowest BCUT2D eigenvalue weighted by Crippen LogP contribution is -2.44. The monoisotopic (exact) mass is 422 g/mol. The molecule has 0 saturated carbocycles. The van der Waals surface area contributed by atoms with E-state index < -0.39 is 10.0 Å². The van der Waals surface area contributed by atoms with Crippen LogP contribution < -0.4 is 4.90 Å². The van der Waals surface area contributed by atoms with Gasteiger partial charge in [0.15, 0.2) is 0 Å². The summed E-state index contributed by atoms with van der Waals surface area (Å²) in [6.07, 6.45) is 2.13. The number of para-hydroxylation sites is 1. The molecule has 0 bridgehead atoms. The number of amides is 1. The van der Waals surface area contributed by atoms with Crippen LogP contribution in [0.15, 0.2) is 50.9 Å². The SMILES string of the molecule is O=C(C1CCN(S(=O)(=O)c2cccs2)CC1)N1CCCSc2ccccc21. The number of carbonyl (C=O) groups is 1. The van der Waals surface area contributed by atoms with Gasteiger partial charge in [0.25, 0.3) is 10.0 Å². The number of hydrogen-bond donors (Lipinski definition) is 0. The number of benzene rings is 1. The first-order chi connectivity index (χ1) is 13.1. The molecule has 3 heterocycles. The smallest absolute Gasteiger partial charge is 0.252 e.